The van der Waals surface area contributed by atoms with Gasteiger partial charge in [-0.3, -0.25) is 0 Å². The lowest BCUT2D eigenvalue weighted by atomic mass is 10.3. The Morgan fingerprint density at radius 3 is 2.20 bits per heavy atom. The number of hydrogen-bond donors (Lipinski definition) is 0. The summed E-state index contributed by atoms with van der Waals surface area (Å²) in [6, 6.07) is 0. The SMILES string of the molecule is C=CO/C(C)=C/C=C(C)C. The van der Waals surface area contributed by atoms with E-state index in [0.717, 1.165) is 5.76 Å². The van der Waals surface area contributed by atoms with Crippen molar-refractivity contribution in [2.45, 2.75) is 20.8 Å². The van der Waals surface area contributed by atoms with Crippen molar-refractivity contribution in [2.24, 2.45) is 0 Å². The Balaban J connectivity index is 3.91. The summed E-state index contributed by atoms with van der Waals surface area (Å²) in [6.45, 7) is 9.41. The van der Waals surface area contributed by atoms with E-state index in [-0.39, 0.29) is 0 Å². The summed E-state index contributed by atoms with van der Waals surface area (Å²) in [5.74, 6) is 0.858. The smallest absolute Gasteiger partial charge is 0.100 e. The van der Waals surface area contributed by atoms with E-state index in [9.17, 15) is 0 Å². The molecule has 0 saturated carbocycles. The Hall–Kier alpha value is -0.980. The van der Waals surface area contributed by atoms with Gasteiger partial charge in [-0.2, -0.15) is 0 Å². The maximum atomic E-state index is 4.97. The highest BCUT2D eigenvalue weighted by Crippen LogP contribution is 1.97. The van der Waals surface area contributed by atoms with Gasteiger partial charge in [0.25, 0.3) is 0 Å². The van der Waals surface area contributed by atoms with Crippen LogP contribution < -0.4 is 0 Å². The minimum absolute atomic E-state index is 0.858. The first-order chi connectivity index (χ1) is 4.66. The molecule has 0 atom stereocenters. The Kier molecular flexibility index (Phi) is 4.38. The van der Waals surface area contributed by atoms with Crippen LogP contribution in [0.4, 0.5) is 0 Å². The predicted molar refractivity (Wildman–Crippen MR) is 44.5 cm³/mol. The van der Waals surface area contributed by atoms with Crippen molar-refractivity contribution in [3.8, 4) is 0 Å². The fourth-order valence-corrected chi connectivity index (χ4v) is 0.455. The summed E-state index contributed by atoms with van der Waals surface area (Å²) in [4.78, 5) is 0. The monoisotopic (exact) mass is 138 g/mol. The van der Waals surface area contributed by atoms with Gasteiger partial charge >= 0.3 is 0 Å². The Morgan fingerprint density at radius 2 is 1.80 bits per heavy atom. The summed E-state index contributed by atoms with van der Waals surface area (Å²) in [5, 5.41) is 0. The van der Waals surface area contributed by atoms with Crippen LogP contribution in [-0.4, -0.2) is 0 Å². The second-order valence-electron chi connectivity index (χ2n) is 2.31. The van der Waals surface area contributed by atoms with E-state index < -0.39 is 0 Å². The number of allylic oxidation sites excluding steroid dienone is 4. The molecule has 0 aromatic heterocycles. The minimum Gasteiger partial charge on any atom is -0.470 e. The molecule has 0 aliphatic carbocycles. The van der Waals surface area contributed by atoms with E-state index in [0.29, 0.717) is 0 Å². The maximum absolute atomic E-state index is 4.97. The molecule has 10 heavy (non-hydrogen) atoms. The molecule has 0 aromatic rings. The average Bonchev–Trinajstić information content (AvgIpc) is 1.85. The second-order valence-corrected chi connectivity index (χ2v) is 2.31. The Labute approximate surface area is 62.7 Å². The van der Waals surface area contributed by atoms with Gasteiger partial charge < -0.3 is 4.74 Å². The fourth-order valence-electron chi connectivity index (χ4n) is 0.455. The van der Waals surface area contributed by atoms with E-state index in [1.165, 1.54) is 11.8 Å². The summed E-state index contributed by atoms with van der Waals surface area (Å²) in [7, 11) is 0. The zero-order valence-corrected chi connectivity index (χ0v) is 6.85. The van der Waals surface area contributed by atoms with Gasteiger partial charge in [-0.05, 0) is 26.8 Å². The molecule has 0 bridgehead atoms. The van der Waals surface area contributed by atoms with Gasteiger partial charge in [-0.15, -0.1) is 0 Å². The third kappa shape index (κ3) is 5.16. The number of hydrogen-bond acceptors (Lipinski definition) is 1. The zero-order valence-electron chi connectivity index (χ0n) is 6.85. The molecular formula is C9H14O. The van der Waals surface area contributed by atoms with Gasteiger partial charge in [0.1, 0.15) is 5.76 Å². The van der Waals surface area contributed by atoms with Crippen LogP contribution in [0.3, 0.4) is 0 Å². The molecule has 1 nitrogen and oxygen atoms in total. The largest absolute Gasteiger partial charge is 0.470 e. The Morgan fingerprint density at radius 1 is 1.20 bits per heavy atom. The van der Waals surface area contributed by atoms with Gasteiger partial charge in [0.15, 0.2) is 0 Å². The lowest BCUT2D eigenvalue weighted by Crippen LogP contribution is -1.75. The maximum Gasteiger partial charge on any atom is 0.100 e. The van der Waals surface area contributed by atoms with Crippen molar-refractivity contribution in [1.29, 1.82) is 0 Å². The molecule has 0 aliphatic rings. The predicted octanol–water partition coefficient (Wildman–Crippen LogP) is 3.02. The van der Waals surface area contributed by atoms with Crippen molar-refractivity contribution in [3.63, 3.8) is 0 Å². The first-order valence-corrected chi connectivity index (χ1v) is 3.26. The molecule has 0 spiro atoms. The van der Waals surface area contributed by atoms with Gasteiger partial charge in [0, 0.05) is 0 Å². The van der Waals surface area contributed by atoms with Crippen LogP contribution in [0.15, 0.2) is 36.3 Å². The molecule has 0 amide bonds. The second kappa shape index (κ2) is 4.86. The van der Waals surface area contributed by atoms with Crippen LogP contribution in [0.25, 0.3) is 0 Å². The van der Waals surface area contributed by atoms with Crippen LogP contribution >= 0.6 is 0 Å². The van der Waals surface area contributed by atoms with E-state index >= 15 is 0 Å². The highest BCUT2D eigenvalue weighted by atomic mass is 16.5. The van der Waals surface area contributed by atoms with Crippen molar-refractivity contribution in [3.05, 3.63) is 36.3 Å². The molecule has 1 heteroatoms. The molecule has 0 N–H and O–H groups in total. The number of ether oxygens (including phenoxy) is 1. The van der Waals surface area contributed by atoms with Crippen molar-refractivity contribution < 1.29 is 4.74 Å². The van der Waals surface area contributed by atoms with Gasteiger partial charge in [-0.1, -0.05) is 18.2 Å². The third-order valence-corrected chi connectivity index (χ3v) is 0.921. The lowest BCUT2D eigenvalue weighted by Gasteiger charge is -1.95. The molecule has 0 rings (SSSR count). The highest BCUT2D eigenvalue weighted by Gasteiger charge is 1.80. The molecule has 0 radical (unpaired) electrons. The normalized spacial score (nSPS) is 10.5. The first-order valence-electron chi connectivity index (χ1n) is 3.26. The first kappa shape index (κ1) is 9.02. The van der Waals surface area contributed by atoms with Crippen LogP contribution in [-0.2, 0) is 4.74 Å². The average molecular weight is 138 g/mol. The van der Waals surface area contributed by atoms with E-state index in [4.69, 9.17) is 4.74 Å². The number of rotatable bonds is 3. The van der Waals surface area contributed by atoms with Crippen molar-refractivity contribution in [2.75, 3.05) is 0 Å². The van der Waals surface area contributed by atoms with E-state index in [1.807, 2.05) is 32.9 Å². The molecular weight excluding hydrogens is 124 g/mol. The summed E-state index contributed by atoms with van der Waals surface area (Å²) < 4.78 is 4.97. The molecule has 0 fully saturated rings. The quantitative estimate of drug-likeness (QED) is 0.430. The van der Waals surface area contributed by atoms with E-state index in [2.05, 4.69) is 6.58 Å². The van der Waals surface area contributed by atoms with E-state index in [1.54, 1.807) is 0 Å². The topological polar surface area (TPSA) is 9.23 Å². The van der Waals surface area contributed by atoms with Crippen LogP contribution in [0, 0.1) is 0 Å². The summed E-state index contributed by atoms with van der Waals surface area (Å²) in [5.41, 5.74) is 1.26. The minimum atomic E-state index is 0.858. The zero-order chi connectivity index (χ0) is 7.98. The van der Waals surface area contributed by atoms with Crippen molar-refractivity contribution in [1.82, 2.24) is 0 Å². The van der Waals surface area contributed by atoms with Crippen LogP contribution in [0.5, 0.6) is 0 Å². The van der Waals surface area contributed by atoms with Crippen molar-refractivity contribution >= 4 is 0 Å². The van der Waals surface area contributed by atoms with Gasteiger partial charge in [-0.25, -0.2) is 0 Å². The van der Waals surface area contributed by atoms with Gasteiger partial charge in [0.05, 0.1) is 6.26 Å². The molecule has 0 heterocycles. The fraction of sp³-hybridized carbons (Fsp3) is 0.333. The van der Waals surface area contributed by atoms with Gasteiger partial charge in [0.2, 0.25) is 0 Å². The molecule has 56 valence electrons. The Bertz CT molecular complexity index is 160. The molecule has 0 unspecified atom stereocenters. The highest BCUT2D eigenvalue weighted by molar-refractivity contribution is 5.10. The summed E-state index contributed by atoms with van der Waals surface area (Å²) in [6.07, 6.45) is 5.33. The molecule has 0 aliphatic heterocycles. The lowest BCUT2D eigenvalue weighted by molar-refractivity contribution is 0.355. The molecule has 0 saturated heterocycles. The summed E-state index contributed by atoms with van der Waals surface area (Å²) >= 11 is 0. The molecule has 0 aromatic carbocycles. The van der Waals surface area contributed by atoms with Crippen LogP contribution in [0.1, 0.15) is 20.8 Å². The van der Waals surface area contributed by atoms with Crippen LogP contribution in [0.2, 0.25) is 0 Å². The third-order valence-electron chi connectivity index (χ3n) is 0.921. The standard InChI is InChI=1S/C9H14O/c1-5-10-9(4)7-6-8(2)3/h5-7H,1H2,2-4H3/b9-7+.